The number of imidazole rings is 2. The van der Waals surface area contributed by atoms with Gasteiger partial charge in [-0.3, -0.25) is 4.79 Å². The van der Waals surface area contributed by atoms with Crippen molar-refractivity contribution in [2.45, 2.75) is 13.1 Å². The molecule has 5 aromatic rings. The number of anilines is 1. The molecule has 0 radical (unpaired) electrons. The number of carbonyl (C=O) groups excluding carboxylic acids is 1. The fraction of sp³-hybridized carbons (Fsp3) is 0.150. The van der Waals surface area contributed by atoms with E-state index in [1.54, 1.807) is 30.3 Å². The molecule has 10 nitrogen and oxygen atoms in total. The number of halogens is 1. The lowest BCUT2D eigenvalue weighted by molar-refractivity contribution is 0.0937. The van der Waals surface area contributed by atoms with Gasteiger partial charge in [0.25, 0.3) is 5.91 Å². The molecule has 0 bridgehead atoms. The number of nitrogens with zero attached hydrogens (tertiary/aromatic N) is 6. The summed E-state index contributed by atoms with van der Waals surface area (Å²) in [7, 11) is 1.78. The van der Waals surface area contributed by atoms with Crippen molar-refractivity contribution in [2.24, 2.45) is 7.05 Å². The molecule has 0 spiro atoms. The summed E-state index contributed by atoms with van der Waals surface area (Å²) < 4.78 is 3.56. The summed E-state index contributed by atoms with van der Waals surface area (Å²) in [6.07, 6.45) is 6.41. The summed E-state index contributed by atoms with van der Waals surface area (Å²) in [4.78, 5) is 32.4. The summed E-state index contributed by atoms with van der Waals surface area (Å²) >= 11 is 6.36. The molecule has 0 unspecified atom stereocenters. The second kappa shape index (κ2) is 7.40. The predicted octanol–water partition coefficient (Wildman–Crippen LogP) is 2.25. The number of hydrogen-bond acceptors (Lipinski definition) is 6. The smallest absolute Gasteiger partial charge is 0.287 e. The van der Waals surface area contributed by atoms with Gasteiger partial charge in [0.05, 0.1) is 24.9 Å². The van der Waals surface area contributed by atoms with Crippen molar-refractivity contribution in [3.8, 4) is 0 Å². The van der Waals surface area contributed by atoms with Crippen LogP contribution in [0.4, 0.5) is 5.82 Å². The van der Waals surface area contributed by atoms with Crippen molar-refractivity contribution in [3.05, 3.63) is 65.4 Å². The number of rotatable bonds is 5. The summed E-state index contributed by atoms with van der Waals surface area (Å²) in [6.45, 7) is 0.818. The summed E-state index contributed by atoms with van der Waals surface area (Å²) in [5.41, 5.74) is 9.83. The largest absolute Gasteiger partial charge is 0.382 e. The van der Waals surface area contributed by atoms with E-state index in [2.05, 4.69) is 30.2 Å². The second-order valence-corrected chi connectivity index (χ2v) is 7.61. The van der Waals surface area contributed by atoms with E-state index in [-0.39, 0.29) is 5.91 Å². The Kier molecular flexibility index (Phi) is 4.55. The minimum Gasteiger partial charge on any atom is -0.382 e. The van der Waals surface area contributed by atoms with Gasteiger partial charge in [-0.1, -0.05) is 11.6 Å². The van der Waals surface area contributed by atoms with Crippen LogP contribution in [0.25, 0.3) is 22.1 Å². The number of aromatic amines is 1. The number of nitrogens with two attached hydrogens (primary N) is 1. The quantitative estimate of drug-likeness (QED) is 0.388. The molecule has 5 rings (SSSR count). The molecule has 0 aliphatic heterocycles. The molecule has 0 aliphatic carbocycles. The molecule has 4 aromatic heterocycles. The molecule has 11 heteroatoms. The highest BCUT2D eigenvalue weighted by Gasteiger charge is 2.14. The topological polar surface area (TPSA) is 132 Å². The Hall–Kier alpha value is -3.92. The Balaban J connectivity index is 1.44. The van der Waals surface area contributed by atoms with Gasteiger partial charge in [0, 0.05) is 35.5 Å². The molecule has 0 aliphatic rings. The van der Waals surface area contributed by atoms with Crippen LogP contribution in [0, 0.1) is 0 Å². The number of aromatic nitrogens is 7. The lowest BCUT2D eigenvalue weighted by atomic mass is 10.1. The molecule has 0 saturated carbocycles. The lowest BCUT2D eigenvalue weighted by Gasteiger charge is -2.07. The first-order valence-electron chi connectivity index (χ1n) is 9.46. The Morgan fingerprint density at radius 2 is 2.10 bits per heavy atom. The zero-order valence-corrected chi connectivity index (χ0v) is 17.3. The van der Waals surface area contributed by atoms with Crippen molar-refractivity contribution in [1.82, 2.24) is 39.4 Å². The molecular weight excluding hydrogens is 418 g/mol. The number of carbonyl (C=O) groups is 1. The Labute approximate surface area is 181 Å². The number of fused-ring (bicyclic) bond motifs is 2. The third kappa shape index (κ3) is 3.46. The number of nitrogen functional groups attached to an aromatic ring is 1. The summed E-state index contributed by atoms with van der Waals surface area (Å²) in [5, 5.41) is 4.44. The van der Waals surface area contributed by atoms with Crippen LogP contribution in [0.2, 0.25) is 5.02 Å². The highest BCUT2D eigenvalue weighted by molar-refractivity contribution is 6.31. The third-order valence-corrected chi connectivity index (χ3v) is 5.28. The van der Waals surface area contributed by atoms with Crippen LogP contribution < -0.4 is 11.1 Å². The average Bonchev–Trinajstić information content (AvgIpc) is 3.45. The van der Waals surface area contributed by atoms with Gasteiger partial charge < -0.3 is 25.2 Å². The van der Waals surface area contributed by atoms with Crippen molar-refractivity contribution in [3.63, 3.8) is 0 Å². The van der Waals surface area contributed by atoms with Gasteiger partial charge in [-0.2, -0.15) is 0 Å². The third-order valence-electron chi connectivity index (χ3n) is 5.06. The van der Waals surface area contributed by atoms with Crippen molar-refractivity contribution < 1.29 is 4.79 Å². The van der Waals surface area contributed by atoms with Crippen molar-refractivity contribution in [1.29, 1.82) is 0 Å². The molecule has 0 fully saturated rings. The summed E-state index contributed by atoms with van der Waals surface area (Å²) in [5.74, 6) is 0.449. The molecule has 4 heterocycles. The van der Waals surface area contributed by atoms with E-state index >= 15 is 0 Å². The van der Waals surface area contributed by atoms with Crippen LogP contribution in [0.1, 0.15) is 21.9 Å². The second-order valence-electron chi connectivity index (χ2n) is 7.17. The Bertz CT molecular complexity index is 1430. The van der Waals surface area contributed by atoms with E-state index in [1.165, 1.54) is 6.33 Å². The zero-order valence-electron chi connectivity index (χ0n) is 16.5. The minimum atomic E-state index is -0.244. The molecule has 31 heavy (non-hydrogen) atoms. The normalized spacial score (nSPS) is 11.4. The van der Waals surface area contributed by atoms with Gasteiger partial charge in [-0.25, -0.2) is 19.9 Å². The van der Waals surface area contributed by atoms with Crippen LogP contribution in [-0.4, -0.2) is 40.0 Å². The zero-order chi connectivity index (χ0) is 21.5. The molecule has 4 N–H and O–H groups in total. The first-order chi connectivity index (χ1) is 15.0. The van der Waals surface area contributed by atoms with E-state index in [0.29, 0.717) is 40.9 Å². The van der Waals surface area contributed by atoms with Crippen LogP contribution >= 0.6 is 11.6 Å². The molecule has 0 saturated heterocycles. The fourth-order valence-corrected chi connectivity index (χ4v) is 3.84. The fourth-order valence-electron chi connectivity index (χ4n) is 3.59. The average molecular weight is 436 g/mol. The summed E-state index contributed by atoms with van der Waals surface area (Å²) in [6, 6.07) is 5.75. The SMILES string of the molecule is Cn1ccnc1C(=O)NCc1cc2cc(Cl)cc(Cn3cnc4c(N)ncnc43)c2[nH]1. The van der Waals surface area contributed by atoms with Gasteiger partial charge >= 0.3 is 0 Å². The lowest BCUT2D eigenvalue weighted by Crippen LogP contribution is -2.25. The van der Waals surface area contributed by atoms with E-state index < -0.39 is 0 Å². The van der Waals surface area contributed by atoms with Crippen LogP contribution in [0.5, 0.6) is 0 Å². The number of H-pyrrole nitrogens is 1. The van der Waals surface area contributed by atoms with Crippen molar-refractivity contribution in [2.75, 3.05) is 5.73 Å². The molecule has 1 aromatic carbocycles. The maximum Gasteiger partial charge on any atom is 0.287 e. The molecule has 0 atom stereocenters. The maximum absolute atomic E-state index is 12.3. The molecular formula is C20H18ClN9O. The Morgan fingerprint density at radius 1 is 1.23 bits per heavy atom. The molecule has 156 valence electrons. The maximum atomic E-state index is 12.3. The van der Waals surface area contributed by atoms with Gasteiger partial charge in [0.1, 0.15) is 11.8 Å². The van der Waals surface area contributed by atoms with Crippen LogP contribution in [0.3, 0.4) is 0 Å². The number of aryl methyl sites for hydroxylation is 1. The Morgan fingerprint density at radius 3 is 2.90 bits per heavy atom. The monoisotopic (exact) mass is 435 g/mol. The highest BCUT2D eigenvalue weighted by atomic mass is 35.5. The number of hydrogen-bond donors (Lipinski definition) is 3. The first kappa shape index (κ1) is 19.1. The van der Waals surface area contributed by atoms with Crippen molar-refractivity contribution >= 4 is 45.4 Å². The van der Waals surface area contributed by atoms with E-state index in [4.69, 9.17) is 17.3 Å². The van der Waals surface area contributed by atoms with Gasteiger partial charge in [-0.15, -0.1) is 0 Å². The number of amides is 1. The predicted molar refractivity (Wildman–Crippen MR) is 117 cm³/mol. The van der Waals surface area contributed by atoms with Crippen LogP contribution in [-0.2, 0) is 20.1 Å². The van der Waals surface area contributed by atoms with Gasteiger partial charge in [-0.05, 0) is 23.8 Å². The number of nitrogens with one attached hydrogen (secondary N) is 2. The van der Waals surface area contributed by atoms with E-state index in [1.807, 2.05) is 22.8 Å². The van der Waals surface area contributed by atoms with E-state index in [9.17, 15) is 4.79 Å². The first-order valence-corrected chi connectivity index (χ1v) is 9.84. The molecule has 1 amide bonds. The van der Waals surface area contributed by atoms with E-state index in [0.717, 1.165) is 22.2 Å². The standard InChI is InChI=1S/C20H18ClN9O/c1-29-3-2-23-19(29)20(31)24-7-14-6-11-4-13(21)5-12(15(11)28-14)8-30-10-27-16-17(22)25-9-26-18(16)30/h2-6,9-10,28H,7-8H2,1H3,(H,24,31)(H2,22,25,26). The number of benzene rings is 1. The highest BCUT2D eigenvalue weighted by Crippen LogP contribution is 2.26. The van der Waals surface area contributed by atoms with Gasteiger partial charge in [0.15, 0.2) is 17.3 Å². The van der Waals surface area contributed by atoms with Gasteiger partial charge in [0.2, 0.25) is 0 Å². The van der Waals surface area contributed by atoms with Crippen LogP contribution in [0.15, 0.2) is 43.2 Å². The minimum absolute atomic E-state index is 0.244.